The minimum atomic E-state index is -0.612. The molecule has 4 heteroatoms. The number of pyridine rings is 3. The van der Waals surface area contributed by atoms with Crippen LogP contribution >= 0.6 is 0 Å². The number of aromatic nitrogens is 3. The second-order valence-corrected chi connectivity index (χ2v) is 8.11. The Morgan fingerprint density at radius 2 is 1.12 bits per heavy atom. The average molecular weight is 410 g/mol. The highest BCUT2D eigenvalue weighted by atomic mass is 15.2. The zero-order chi connectivity index (χ0) is 21.1. The standard InChI is InChI=1S/C28H18N4/c1-2-9-19(10-3-1)32-24-15-5-4-13-22(24)28(23-14-8-18-31-27(23)32)25-20(11-6-16-29-25)21-12-7-17-30-26(21)28/h1-18H. The molecular weight excluding hydrogens is 392 g/mol. The first-order valence-electron chi connectivity index (χ1n) is 10.7. The molecule has 7 rings (SSSR count). The van der Waals surface area contributed by atoms with Gasteiger partial charge >= 0.3 is 0 Å². The van der Waals surface area contributed by atoms with Gasteiger partial charge in [-0.3, -0.25) is 14.9 Å². The van der Waals surface area contributed by atoms with Crippen LogP contribution in [0.5, 0.6) is 0 Å². The predicted molar refractivity (Wildman–Crippen MR) is 125 cm³/mol. The van der Waals surface area contributed by atoms with Crippen molar-refractivity contribution in [3.8, 4) is 11.1 Å². The van der Waals surface area contributed by atoms with Crippen LogP contribution < -0.4 is 4.90 Å². The summed E-state index contributed by atoms with van der Waals surface area (Å²) in [5.74, 6) is 0.910. The van der Waals surface area contributed by atoms with E-state index in [0.717, 1.165) is 45.3 Å². The summed E-state index contributed by atoms with van der Waals surface area (Å²) in [6, 6.07) is 31.5. The molecule has 0 N–H and O–H groups in total. The monoisotopic (exact) mass is 410 g/mol. The van der Waals surface area contributed by atoms with E-state index < -0.39 is 5.41 Å². The molecule has 150 valence electrons. The first kappa shape index (κ1) is 17.4. The van der Waals surface area contributed by atoms with Crippen LogP contribution in [0, 0.1) is 0 Å². The number of rotatable bonds is 1. The van der Waals surface area contributed by atoms with Crippen LogP contribution in [0.3, 0.4) is 0 Å². The Kier molecular flexibility index (Phi) is 3.45. The maximum Gasteiger partial charge on any atom is 0.142 e. The molecule has 2 aromatic carbocycles. The smallest absolute Gasteiger partial charge is 0.142 e. The van der Waals surface area contributed by atoms with Crippen LogP contribution in [-0.4, -0.2) is 15.0 Å². The molecule has 2 aliphatic rings. The van der Waals surface area contributed by atoms with E-state index in [9.17, 15) is 0 Å². The van der Waals surface area contributed by atoms with E-state index in [4.69, 9.17) is 15.0 Å². The summed E-state index contributed by atoms with van der Waals surface area (Å²) in [6.07, 6.45) is 5.63. The van der Waals surface area contributed by atoms with Crippen molar-refractivity contribution in [1.29, 1.82) is 0 Å². The molecule has 0 amide bonds. The number of anilines is 3. The van der Waals surface area contributed by atoms with Crippen LogP contribution in [0.1, 0.15) is 22.5 Å². The molecule has 5 aromatic rings. The minimum Gasteiger partial charge on any atom is -0.294 e. The summed E-state index contributed by atoms with van der Waals surface area (Å²) in [7, 11) is 0. The van der Waals surface area contributed by atoms with E-state index in [1.54, 1.807) is 0 Å². The molecular formula is C28H18N4. The summed E-state index contributed by atoms with van der Waals surface area (Å²) in [5.41, 5.74) is 8.13. The second-order valence-electron chi connectivity index (χ2n) is 8.11. The average Bonchev–Trinajstić information content (AvgIpc) is 3.16. The minimum absolute atomic E-state index is 0.612. The fourth-order valence-corrected chi connectivity index (χ4v) is 5.42. The molecule has 0 atom stereocenters. The number of benzene rings is 2. The van der Waals surface area contributed by atoms with E-state index in [1.165, 1.54) is 5.56 Å². The number of para-hydroxylation sites is 2. The Bertz CT molecular complexity index is 1400. The van der Waals surface area contributed by atoms with Gasteiger partial charge in [0.05, 0.1) is 17.1 Å². The fourth-order valence-electron chi connectivity index (χ4n) is 5.42. The van der Waals surface area contributed by atoms with Gasteiger partial charge in [-0.2, -0.15) is 0 Å². The molecule has 3 aromatic heterocycles. The highest BCUT2D eigenvalue weighted by Gasteiger charge is 2.54. The zero-order valence-electron chi connectivity index (χ0n) is 17.2. The van der Waals surface area contributed by atoms with Crippen LogP contribution in [0.25, 0.3) is 11.1 Å². The van der Waals surface area contributed by atoms with Crippen molar-refractivity contribution in [2.75, 3.05) is 4.90 Å². The SMILES string of the molecule is c1ccc(N2c3ccccc3C3(c4cccnc42)c2ncccc2-c2cccnc23)cc1. The molecule has 0 bridgehead atoms. The maximum absolute atomic E-state index is 4.96. The first-order valence-corrected chi connectivity index (χ1v) is 10.7. The molecule has 4 heterocycles. The van der Waals surface area contributed by atoms with Gasteiger partial charge in [0.25, 0.3) is 0 Å². The summed E-state index contributed by atoms with van der Waals surface area (Å²) in [4.78, 5) is 17.1. The van der Waals surface area contributed by atoms with Gasteiger partial charge in [0.1, 0.15) is 11.2 Å². The molecule has 4 nitrogen and oxygen atoms in total. The largest absolute Gasteiger partial charge is 0.294 e. The maximum atomic E-state index is 4.96. The lowest BCUT2D eigenvalue weighted by atomic mass is 9.68. The van der Waals surface area contributed by atoms with Crippen molar-refractivity contribution in [2.45, 2.75) is 5.41 Å². The van der Waals surface area contributed by atoms with Crippen LogP contribution in [0.2, 0.25) is 0 Å². The van der Waals surface area contributed by atoms with E-state index in [1.807, 2.05) is 42.9 Å². The Morgan fingerprint density at radius 1 is 0.531 bits per heavy atom. The molecule has 0 saturated carbocycles. The second kappa shape index (κ2) is 6.34. The van der Waals surface area contributed by atoms with Gasteiger partial charge < -0.3 is 0 Å². The lowest BCUT2D eigenvalue weighted by Crippen LogP contribution is -2.37. The van der Waals surface area contributed by atoms with E-state index in [2.05, 4.69) is 71.6 Å². The lowest BCUT2D eigenvalue weighted by molar-refractivity contribution is 0.695. The molecule has 0 unspecified atom stereocenters. The van der Waals surface area contributed by atoms with E-state index >= 15 is 0 Å². The fraction of sp³-hybridized carbons (Fsp3) is 0.0357. The normalized spacial score (nSPS) is 14.4. The number of nitrogens with zero attached hydrogens (tertiary/aromatic N) is 4. The lowest BCUT2D eigenvalue weighted by Gasteiger charge is -2.42. The Morgan fingerprint density at radius 3 is 1.88 bits per heavy atom. The van der Waals surface area contributed by atoms with Gasteiger partial charge in [0.2, 0.25) is 0 Å². The van der Waals surface area contributed by atoms with Gasteiger partial charge in [-0.1, -0.05) is 54.6 Å². The Labute approximate surface area is 185 Å². The van der Waals surface area contributed by atoms with Gasteiger partial charge in [-0.15, -0.1) is 0 Å². The van der Waals surface area contributed by atoms with Crippen LogP contribution in [-0.2, 0) is 5.41 Å². The molecule has 0 saturated heterocycles. The highest BCUT2D eigenvalue weighted by Crippen LogP contribution is 2.61. The number of hydrogen-bond donors (Lipinski definition) is 0. The molecule has 0 radical (unpaired) electrons. The molecule has 1 spiro atoms. The Hall–Kier alpha value is -4.31. The van der Waals surface area contributed by atoms with Crippen molar-refractivity contribution in [3.05, 3.63) is 132 Å². The van der Waals surface area contributed by atoms with Gasteiger partial charge in [0.15, 0.2) is 0 Å². The molecule has 1 aliphatic carbocycles. The van der Waals surface area contributed by atoms with Crippen molar-refractivity contribution in [3.63, 3.8) is 0 Å². The third-order valence-electron chi connectivity index (χ3n) is 6.58. The summed E-state index contributed by atoms with van der Waals surface area (Å²) < 4.78 is 0. The number of fused-ring (bicyclic) bond motifs is 9. The number of hydrogen-bond acceptors (Lipinski definition) is 4. The van der Waals surface area contributed by atoms with Gasteiger partial charge in [-0.25, -0.2) is 4.98 Å². The summed E-state index contributed by atoms with van der Waals surface area (Å²) >= 11 is 0. The Balaban J connectivity index is 1.67. The van der Waals surface area contributed by atoms with Crippen LogP contribution in [0.15, 0.2) is 110 Å². The van der Waals surface area contributed by atoms with Gasteiger partial charge in [-0.05, 0) is 42.0 Å². The van der Waals surface area contributed by atoms with Crippen LogP contribution in [0.4, 0.5) is 17.2 Å². The highest BCUT2D eigenvalue weighted by molar-refractivity contribution is 5.93. The predicted octanol–water partition coefficient (Wildman–Crippen LogP) is 6.02. The quantitative estimate of drug-likeness (QED) is 0.332. The first-order chi connectivity index (χ1) is 15.9. The molecule has 32 heavy (non-hydrogen) atoms. The summed E-state index contributed by atoms with van der Waals surface area (Å²) in [5, 5.41) is 0. The van der Waals surface area contributed by atoms with Crippen molar-refractivity contribution in [2.24, 2.45) is 0 Å². The summed E-state index contributed by atoms with van der Waals surface area (Å²) in [6.45, 7) is 0. The van der Waals surface area contributed by atoms with Gasteiger partial charge in [0, 0.05) is 41.0 Å². The van der Waals surface area contributed by atoms with E-state index in [-0.39, 0.29) is 0 Å². The zero-order valence-corrected chi connectivity index (χ0v) is 17.2. The van der Waals surface area contributed by atoms with Crippen molar-refractivity contribution >= 4 is 17.2 Å². The topological polar surface area (TPSA) is 41.9 Å². The molecule has 0 fully saturated rings. The van der Waals surface area contributed by atoms with Crippen molar-refractivity contribution in [1.82, 2.24) is 15.0 Å². The van der Waals surface area contributed by atoms with Crippen molar-refractivity contribution < 1.29 is 0 Å². The third-order valence-corrected chi connectivity index (χ3v) is 6.58. The molecule has 1 aliphatic heterocycles. The van der Waals surface area contributed by atoms with E-state index in [0.29, 0.717) is 0 Å². The third kappa shape index (κ3) is 2.04.